The summed E-state index contributed by atoms with van der Waals surface area (Å²) in [5, 5.41) is 13.2. The monoisotopic (exact) mass is 286 g/mol. The first-order valence-corrected chi connectivity index (χ1v) is 8.37. The van der Waals surface area contributed by atoms with Gasteiger partial charge in [-0.25, -0.2) is 0 Å². The van der Waals surface area contributed by atoms with E-state index >= 15 is 0 Å². The Morgan fingerprint density at radius 3 is 2.70 bits per heavy atom. The van der Waals surface area contributed by atoms with Crippen molar-refractivity contribution in [1.82, 2.24) is 10.2 Å². The molecule has 2 N–H and O–H groups in total. The molecule has 1 fully saturated rings. The zero-order valence-electron chi connectivity index (χ0n) is 13.4. The highest BCUT2D eigenvalue weighted by molar-refractivity contribution is 4.72. The average molecular weight is 286 g/mol. The van der Waals surface area contributed by atoms with E-state index in [9.17, 15) is 5.11 Å². The van der Waals surface area contributed by atoms with Crippen molar-refractivity contribution in [3.63, 3.8) is 0 Å². The van der Waals surface area contributed by atoms with Crippen LogP contribution in [0.3, 0.4) is 0 Å². The van der Waals surface area contributed by atoms with Gasteiger partial charge in [0.2, 0.25) is 0 Å². The first-order chi connectivity index (χ1) is 9.72. The van der Waals surface area contributed by atoms with E-state index in [0.717, 1.165) is 25.5 Å². The van der Waals surface area contributed by atoms with Crippen molar-refractivity contribution in [2.24, 2.45) is 5.92 Å². The summed E-state index contributed by atoms with van der Waals surface area (Å²) in [4.78, 5) is 2.39. The maximum absolute atomic E-state index is 9.83. The molecular formula is C16H34N2O2. The third-order valence-electron chi connectivity index (χ3n) is 4.10. The summed E-state index contributed by atoms with van der Waals surface area (Å²) in [6, 6.07) is 0. The normalized spacial score (nSPS) is 19.4. The fourth-order valence-corrected chi connectivity index (χ4v) is 2.63. The number of aliphatic hydroxyl groups is 1. The summed E-state index contributed by atoms with van der Waals surface area (Å²) in [6.45, 7) is 7.55. The van der Waals surface area contributed by atoms with Gasteiger partial charge in [0.05, 0.1) is 12.7 Å². The molecule has 1 atom stereocenters. The molecule has 1 heterocycles. The predicted octanol–water partition coefficient (Wildman–Crippen LogP) is 1.88. The summed E-state index contributed by atoms with van der Waals surface area (Å²) in [5.74, 6) is 0.772. The Labute approximate surface area is 124 Å². The van der Waals surface area contributed by atoms with Gasteiger partial charge in [-0.05, 0) is 51.9 Å². The molecule has 0 saturated carbocycles. The smallest absolute Gasteiger partial charge is 0.0897 e. The second-order valence-corrected chi connectivity index (χ2v) is 6.19. The SMILES string of the molecule is CCCCCCOCC(O)CNCC1CCN(C)CC1. The van der Waals surface area contributed by atoms with E-state index in [1.165, 1.54) is 45.2 Å². The predicted molar refractivity (Wildman–Crippen MR) is 84.1 cm³/mol. The molecule has 0 amide bonds. The van der Waals surface area contributed by atoms with Gasteiger partial charge in [0.15, 0.2) is 0 Å². The fraction of sp³-hybridized carbons (Fsp3) is 1.00. The Morgan fingerprint density at radius 1 is 1.25 bits per heavy atom. The van der Waals surface area contributed by atoms with Gasteiger partial charge in [-0.15, -0.1) is 0 Å². The molecule has 0 aliphatic carbocycles. The molecule has 0 radical (unpaired) electrons. The van der Waals surface area contributed by atoms with Gasteiger partial charge in [0, 0.05) is 13.2 Å². The zero-order valence-corrected chi connectivity index (χ0v) is 13.4. The highest BCUT2D eigenvalue weighted by atomic mass is 16.5. The van der Waals surface area contributed by atoms with E-state index in [1.807, 2.05) is 0 Å². The number of ether oxygens (including phenoxy) is 1. The molecule has 20 heavy (non-hydrogen) atoms. The third kappa shape index (κ3) is 8.90. The van der Waals surface area contributed by atoms with Crippen LogP contribution in [-0.4, -0.2) is 62.6 Å². The molecule has 0 spiro atoms. The highest BCUT2D eigenvalue weighted by Gasteiger charge is 2.16. The molecule has 4 nitrogen and oxygen atoms in total. The average Bonchev–Trinajstić information content (AvgIpc) is 2.45. The van der Waals surface area contributed by atoms with Crippen molar-refractivity contribution in [3.8, 4) is 0 Å². The zero-order chi connectivity index (χ0) is 14.6. The van der Waals surface area contributed by atoms with Crippen molar-refractivity contribution in [3.05, 3.63) is 0 Å². The quantitative estimate of drug-likeness (QED) is 0.569. The van der Waals surface area contributed by atoms with Crippen molar-refractivity contribution in [1.29, 1.82) is 0 Å². The summed E-state index contributed by atoms with van der Waals surface area (Å²) in [6.07, 6.45) is 7.06. The van der Waals surface area contributed by atoms with Crippen LogP contribution in [0.25, 0.3) is 0 Å². The third-order valence-corrected chi connectivity index (χ3v) is 4.10. The first kappa shape index (κ1) is 17.9. The lowest BCUT2D eigenvalue weighted by Gasteiger charge is -2.29. The molecule has 0 aromatic rings. The van der Waals surface area contributed by atoms with Crippen LogP contribution in [0.1, 0.15) is 45.4 Å². The van der Waals surface area contributed by atoms with E-state index in [2.05, 4.69) is 24.2 Å². The summed E-state index contributed by atoms with van der Waals surface area (Å²) in [5.41, 5.74) is 0. The minimum absolute atomic E-state index is 0.368. The Hall–Kier alpha value is -0.160. The van der Waals surface area contributed by atoms with Gasteiger partial charge in [-0.1, -0.05) is 26.2 Å². The van der Waals surface area contributed by atoms with Crippen LogP contribution in [0, 0.1) is 5.92 Å². The van der Waals surface area contributed by atoms with Crippen molar-refractivity contribution < 1.29 is 9.84 Å². The van der Waals surface area contributed by atoms with Crippen molar-refractivity contribution in [2.75, 3.05) is 46.4 Å². The van der Waals surface area contributed by atoms with E-state index in [0.29, 0.717) is 13.2 Å². The first-order valence-electron chi connectivity index (χ1n) is 8.37. The largest absolute Gasteiger partial charge is 0.389 e. The van der Waals surface area contributed by atoms with Crippen LogP contribution in [-0.2, 0) is 4.74 Å². The molecule has 1 rings (SSSR count). The second kappa shape index (κ2) is 11.5. The van der Waals surface area contributed by atoms with E-state index < -0.39 is 0 Å². The van der Waals surface area contributed by atoms with Crippen LogP contribution in [0.2, 0.25) is 0 Å². The van der Waals surface area contributed by atoms with Crippen LogP contribution in [0.4, 0.5) is 0 Å². The number of hydrogen-bond acceptors (Lipinski definition) is 4. The second-order valence-electron chi connectivity index (χ2n) is 6.19. The van der Waals surface area contributed by atoms with Crippen molar-refractivity contribution in [2.45, 2.75) is 51.6 Å². The van der Waals surface area contributed by atoms with Gasteiger partial charge in [0.1, 0.15) is 0 Å². The minimum atomic E-state index is -0.368. The molecule has 120 valence electrons. The Balaban J connectivity index is 1.88. The molecular weight excluding hydrogens is 252 g/mol. The van der Waals surface area contributed by atoms with Crippen LogP contribution >= 0.6 is 0 Å². The summed E-state index contributed by atoms with van der Waals surface area (Å²) >= 11 is 0. The lowest BCUT2D eigenvalue weighted by molar-refractivity contribution is 0.0347. The molecule has 0 aromatic carbocycles. The highest BCUT2D eigenvalue weighted by Crippen LogP contribution is 2.14. The molecule has 1 unspecified atom stereocenters. The van der Waals surface area contributed by atoms with Gasteiger partial charge < -0.3 is 20.1 Å². The Kier molecular flexibility index (Phi) is 10.3. The molecule has 0 aromatic heterocycles. The van der Waals surface area contributed by atoms with Gasteiger partial charge in [-0.2, -0.15) is 0 Å². The molecule has 1 aliphatic heterocycles. The Morgan fingerprint density at radius 2 is 2.00 bits per heavy atom. The molecule has 4 heteroatoms. The van der Waals surface area contributed by atoms with Gasteiger partial charge in [0.25, 0.3) is 0 Å². The number of nitrogens with zero attached hydrogens (tertiary/aromatic N) is 1. The van der Waals surface area contributed by atoms with Crippen molar-refractivity contribution >= 4 is 0 Å². The number of hydrogen-bond donors (Lipinski definition) is 2. The molecule has 1 saturated heterocycles. The molecule has 1 aliphatic rings. The maximum Gasteiger partial charge on any atom is 0.0897 e. The molecule has 0 bridgehead atoms. The number of likely N-dealkylation sites (tertiary alicyclic amines) is 1. The standard InChI is InChI=1S/C16H34N2O2/c1-3-4-5-6-11-20-14-16(19)13-17-12-15-7-9-18(2)10-8-15/h15-17,19H,3-14H2,1-2H3. The van der Waals surface area contributed by atoms with E-state index in [4.69, 9.17) is 4.74 Å². The number of rotatable bonds is 11. The lowest BCUT2D eigenvalue weighted by atomic mass is 9.97. The maximum atomic E-state index is 9.83. The number of aliphatic hydroxyl groups excluding tert-OH is 1. The van der Waals surface area contributed by atoms with Gasteiger partial charge >= 0.3 is 0 Å². The number of unbranched alkanes of at least 4 members (excludes halogenated alkanes) is 3. The van der Waals surface area contributed by atoms with Crippen LogP contribution < -0.4 is 5.32 Å². The number of nitrogens with one attached hydrogen (secondary N) is 1. The minimum Gasteiger partial charge on any atom is -0.389 e. The van der Waals surface area contributed by atoms with E-state index in [1.54, 1.807) is 0 Å². The van der Waals surface area contributed by atoms with E-state index in [-0.39, 0.29) is 6.10 Å². The Bertz CT molecular complexity index is 219. The van der Waals surface area contributed by atoms with Crippen LogP contribution in [0.15, 0.2) is 0 Å². The summed E-state index contributed by atoms with van der Waals surface area (Å²) < 4.78 is 5.50. The lowest BCUT2D eigenvalue weighted by Crippen LogP contribution is -2.38. The van der Waals surface area contributed by atoms with Crippen LogP contribution in [0.5, 0.6) is 0 Å². The topological polar surface area (TPSA) is 44.7 Å². The van der Waals surface area contributed by atoms with Gasteiger partial charge in [-0.3, -0.25) is 0 Å². The summed E-state index contributed by atoms with van der Waals surface area (Å²) in [7, 11) is 2.19. The number of piperidine rings is 1. The fourth-order valence-electron chi connectivity index (χ4n) is 2.63.